The number of benzene rings is 3. The molecule has 0 spiro atoms. The van der Waals surface area contributed by atoms with Crippen LogP contribution in [0.25, 0.3) is 33.2 Å². The molecule has 178 valence electrons. The molecule has 6 heteroatoms. The summed E-state index contributed by atoms with van der Waals surface area (Å²) < 4.78 is 10.7. The average molecular weight is 469 g/mol. The molecule has 0 unspecified atom stereocenters. The van der Waals surface area contributed by atoms with Gasteiger partial charge in [0.15, 0.2) is 0 Å². The summed E-state index contributed by atoms with van der Waals surface area (Å²) >= 11 is 0. The highest BCUT2D eigenvalue weighted by molar-refractivity contribution is 6.02. The van der Waals surface area contributed by atoms with Crippen LogP contribution in [-0.2, 0) is 9.53 Å². The maximum Gasteiger partial charge on any atom is 0.330 e. The van der Waals surface area contributed by atoms with Gasteiger partial charge in [0.1, 0.15) is 30.2 Å². The van der Waals surface area contributed by atoms with Gasteiger partial charge in [0.2, 0.25) is 0 Å². The van der Waals surface area contributed by atoms with Crippen LogP contribution in [0, 0.1) is 0 Å². The van der Waals surface area contributed by atoms with Gasteiger partial charge in [-0.2, -0.15) is 0 Å². The summed E-state index contributed by atoms with van der Waals surface area (Å²) in [5.74, 6) is 0.395. The van der Waals surface area contributed by atoms with Gasteiger partial charge in [0.05, 0.1) is 0 Å². The monoisotopic (exact) mass is 468 g/mol. The van der Waals surface area contributed by atoms with Crippen LogP contribution in [0.4, 0.5) is 5.69 Å². The lowest BCUT2D eigenvalue weighted by Crippen LogP contribution is -2.10. The number of anilines is 1. The average Bonchev–Trinajstić information content (AvgIpc) is 2.88. The van der Waals surface area contributed by atoms with E-state index in [2.05, 4.69) is 34.1 Å². The molecule has 4 aromatic rings. The van der Waals surface area contributed by atoms with E-state index in [1.807, 2.05) is 56.6 Å². The fraction of sp³-hybridized carbons (Fsp3) is 0.172. The van der Waals surface area contributed by atoms with Gasteiger partial charge in [-0.05, 0) is 60.0 Å². The summed E-state index contributed by atoms with van der Waals surface area (Å²) in [6.07, 6.45) is 4.68. The number of carbonyl (C=O) groups excluding carboxylic acids is 1. The molecule has 0 aliphatic heterocycles. The Balaban J connectivity index is 1.62. The van der Waals surface area contributed by atoms with Crippen molar-refractivity contribution in [3.05, 3.63) is 85.1 Å². The molecular formula is C29H28N2O4. The van der Waals surface area contributed by atoms with Gasteiger partial charge >= 0.3 is 5.97 Å². The third kappa shape index (κ3) is 5.44. The molecule has 35 heavy (non-hydrogen) atoms. The lowest BCUT2D eigenvalue weighted by molar-refractivity contribution is -0.138. The highest BCUT2D eigenvalue weighted by atomic mass is 16.6. The second-order valence-corrected chi connectivity index (χ2v) is 8.20. The highest BCUT2D eigenvalue weighted by Gasteiger charge is 2.15. The first kappa shape index (κ1) is 23.8. The molecule has 6 nitrogen and oxygen atoms in total. The van der Waals surface area contributed by atoms with Crippen LogP contribution in [0.15, 0.2) is 85.1 Å². The van der Waals surface area contributed by atoms with Crippen molar-refractivity contribution in [2.75, 3.05) is 32.2 Å². The minimum absolute atomic E-state index is 0.138. The van der Waals surface area contributed by atoms with Crippen LogP contribution < -0.4 is 9.64 Å². The molecule has 1 N–H and O–H groups in total. The Morgan fingerprint density at radius 2 is 1.66 bits per heavy atom. The molecule has 0 aliphatic rings. The molecular weight excluding hydrogens is 440 g/mol. The second kappa shape index (κ2) is 10.7. The third-order valence-electron chi connectivity index (χ3n) is 5.63. The predicted octanol–water partition coefficient (Wildman–Crippen LogP) is 5.84. The first-order chi connectivity index (χ1) is 17.0. The van der Waals surface area contributed by atoms with Gasteiger partial charge in [-0.1, -0.05) is 36.4 Å². The molecule has 0 radical (unpaired) electrons. The maximum atomic E-state index is 11.4. The molecule has 0 bridgehead atoms. The quantitative estimate of drug-likeness (QED) is 0.199. The van der Waals surface area contributed by atoms with Gasteiger partial charge in [-0.3, -0.25) is 4.98 Å². The molecule has 0 amide bonds. The molecule has 1 heterocycles. The second-order valence-electron chi connectivity index (χ2n) is 8.20. The Morgan fingerprint density at radius 3 is 2.34 bits per heavy atom. The van der Waals surface area contributed by atoms with E-state index >= 15 is 0 Å². The van der Waals surface area contributed by atoms with E-state index in [0.717, 1.165) is 27.8 Å². The lowest BCUT2D eigenvalue weighted by atomic mass is 9.94. The zero-order valence-corrected chi connectivity index (χ0v) is 20.1. The van der Waals surface area contributed by atoms with Gasteiger partial charge in [-0.25, -0.2) is 4.79 Å². The van der Waals surface area contributed by atoms with Crippen molar-refractivity contribution in [3.8, 4) is 33.8 Å². The standard InChI is InChI=1S/C29H28N2O4/c1-4-6-27(32)35-18-17-34-23-14-10-21(11-15-23)26-19-25(20-8-12-22(13-9-20)31(2)3)24-7-5-16-30-28(24)29(26)33/h4-16,19,33H,17-18H2,1-3H3. The highest BCUT2D eigenvalue weighted by Crippen LogP contribution is 2.41. The molecule has 4 rings (SSSR count). The van der Waals surface area contributed by atoms with E-state index in [4.69, 9.17) is 9.47 Å². The summed E-state index contributed by atoms with van der Waals surface area (Å²) in [6, 6.07) is 21.6. The Bertz CT molecular complexity index is 1340. The number of ether oxygens (including phenoxy) is 2. The van der Waals surface area contributed by atoms with E-state index in [1.54, 1.807) is 19.2 Å². The zero-order valence-electron chi connectivity index (χ0n) is 20.1. The Kier molecular flexibility index (Phi) is 7.31. The van der Waals surface area contributed by atoms with Crippen molar-refractivity contribution in [2.24, 2.45) is 0 Å². The van der Waals surface area contributed by atoms with E-state index in [0.29, 0.717) is 16.8 Å². The number of nitrogens with zero attached hydrogens (tertiary/aromatic N) is 2. The number of esters is 1. The van der Waals surface area contributed by atoms with Crippen LogP contribution in [0.3, 0.4) is 0 Å². The van der Waals surface area contributed by atoms with E-state index in [-0.39, 0.29) is 24.9 Å². The number of rotatable bonds is 8. The number of phenolic OH excluding ortho intramolecular Hbond substituents is 1. The smallest absolute Gasteiger partial charge is 0.330 e. The molecule has 0 saturated carbocycles. The first-order valence-electron chi connectivity index (χ1n) is 11.4. The number of allylic oxidation sites excluding steroid dienone is 1. The summed E-state index contributed by atoms with van der Waals surface area (Å²) in [7, 11) is 4.02. The molecule has 3 aromatic carbocycles. The number of hydrogen-bond donors (Lipinski definition) is 1. The first-order valence-corrected chi connectivity index (χ1v) is 11.4. The number of aromatic hydroxyl groups is 1. The van der Waals surface area contributed by atoms with Crippen molar-refractivity contribution in [1.29, 1.82) is 0 Å². The van der Waals surface area contributed by atoms with Crippen LogP contribution >= 0.6 is 0 Å². The van der Waals surface area contributed by atoms with Gasteiger partial charge < -0.3 is 19.5 Å². The minimum Gasteiger partial charge on any atom is -0.505 e. The van der Waals surface area contributed by atoms with Gasteiger partial charge in [0.25, 0.3) is 0 Å². The van der Waals surface area contributed by atoms with E-state index in [9.17, 15) is 9.90 Å². The largest absolute Gasteiger partial charge is 0.505 e. The number of pyridine rings is 1. The van der Waals surface area contributed by atoms with Crippen molar-refractivity contribution >= 4 is 22.6 Å². The Morgan fingerprint density at radius 1 is 0.971 bits per heavy atom. The molecule has 0 atom stereocenters. The fourth-order valence-electron chi connectivity index (χ4n) is 3.84. The van der Waals surface area contributed by atoms with Crippen molar-refractivity contribution in [3.63, 3.8) is 0 Å². The molecule has 0 saturated heterocycles. The molecule has 1 aromatic heterocycles. The maximum absolute atomic E-state index is 11.4. The summed E-state index contributed by atoms with van der Waals surface area (Å²) in [6.45, 7) is 2.17. The van der Waals surface area contributed by atoms with Crippen molar-refractivity contribution in [2.45, 2.75) is 6.92 Å². The van der Waals surface area contributed by atoms with E-state index in [1.165, 1.54) is 6.08 Å². The Labute approximate surface area is 205 Å². The van der Waals surface area contributed by atoms with Crippen LogP contribution in [0.1, 0.15) is 6.92 Å². The van der Waals surface area contributed by atoms with Gasteiger partial charge in [0, 0.05) is 43.0 Å². The normalized spacial score (nSPS) is 11.1. The summed E-state index contributed by atoms with van der Waals surface area (Å²) in [4.78, 5) is 17.9. The fourth-order valence-corrected chi connectivity index (χ4v) is 3.84. The number of aromatic nitrogens is 1. The number of phenols is 1. The SMILES string of the molecule is CC=CC(=O)OCCOc1ccc(-c2cc(-c3ccc(N(C)C)cc3)c3cccnc3c2O)cc1. The number of hydrogen-bond acceptors (Lipinski definition) is 6. The van der Waals surface area contributed by atoms with Crippen LogP contribution in [-0.4, -0.2) is 43.4 Å². The topological polar surface area (TPSA) is 71.9 Å². The zero-order chi connectivity index (χ0) is 24.8. The number of carbonyl (C=O) groups is 1. The van der Waals surface area contributed by atoms with Crippen LogP contribution in [0.2, 0.25) is 0 Å². The summed E-state index contributed by atoms with van der Waals surface area (Å²) in [5.41, 5.74) is 5.24. The predicted molar refractivity (Wildman–Crippen MR) is 140 cm³/mol. The van der Waals surface area contributed by atoms with Crippen LogP contribution in [0.5, 0.6) is 11.5 Å². The minimum atomic E-state index is -0.390. The van der Waals surface area contributed by atoms with E-state index < -0.39 is 0 Å². The summed E-state index contributed by atoms with van der Waals surface area (Å²) in [5, 5.41) is 12.0. The third-order valence-corrected chi connectivity index (χ3v) is 5.63. The van der Waals surface area contributed by atoms with Crippen molar-refractivity contribution in [1.82, 2.24) is 4.98 Å². The Hall–Kier alpha value is -4.32. The van der Waals surface area contributed by atoms with Gasteiger partial charge in [-0.15, -0.1) is 0 Å². The lowest BCUT2D eigenvalue weighted by Gasteiger charge is -2.15. The molecule has 0 fully saturated rings. The molecule has 0 aliphatic carbocycles. The number of fused-ring (bicyclic) bond motifs is 1. The van der Waals surface area contributed by atoms with Crippen molar-refractivity contribution < 1.29 is 19.4 Å².